The molecule has 2 N–H and O–H groups in total. The van der Waals surface area contributed by atoms with E-state index in [0.717, 1.165) is 62.1 Å². The second-order valence-corrected chi connectivity index (χ2v) is 9.70. The average Bonchev–Trinajstić information content (AvgIpc) is 3.20. The summed E-state index contributed by atoms with van der Waals surface area (Å²) in [7, 11) is 0. The molecule has 2 saturated carbocycles. The number of fused-ring (bicyclic) bond motifs is 2. The summed E-state index contributed by atoms with van der Waals surface area (Å²) in [5.41, 5.74) is 2.74. The largest absolute Gasteiger partial charge is 0.376 e. The Hall–Kier alpha value is -0.910. The lowest BCUT2D eigenvalue weighted by Gasteiger charge is -2.38. The van der Waals surface area contributed by atoms with Gasteiger partial charge in [0.2, 0.25) is 0 Å². The molecule has 142 valence electrons. The Morgan fingerprint density at radius 1 is 1.19 bits per heavy atom. The maximum absolute atomic E-state index is 13.1. The first-order valence-corrected chi connectivity index (χ1v) is 11.4. The molecule has 1 aromatic heterocycles. The first-order valence-electron chi connectivity index (χ1n) is 10.5. The molecule has 3 fully saturated rings. The molecule has 1 aliphatic heterocycles. The van der Waals surface area contributed by atoms with E-state index in [2.05, 4.69) is 16.0 Å². The number of hydrogen-bond donors (Lipinski definition) is 2. The van der Waals surface area contributed by atoms with E-state index in [4.69, 9.17) is 4.74 Å². The molecule has 1 saturated heterocycles. The number of thiophene rings is 1. The molecule has 0 aromatic carbocycles. The quantitative estimate of drug-likeness (QED) is 0.832. The van der Waals surface area contributed by atoms with Crippen molar-refractivity contribution in [1.82, 2.24) is 10.6 Å². The normalized spacial score (nSPS) is 33.5. The number of carbonyl (C=O) groups excluding carboxylic acids is 1. The van der Waals surface area contributed by atoms with Crippen molar-refractivity contribution in [1.29, 1.82) is 0 Å². The minimum Gasteiger partial charge on any atom is -0.376 e. The number of carbonyl (C=O) groups is 1. The predicted molar refractivity (Wildman–Crippen MR) is 104 cm³/mol. The van der Waals surface area contributed by atoms with Crippen molar-refractivity contribution in [2.75, 3.05) is 19.7 Å². The van der Waals surface area contributed by atoms with Crippen LogP contribution in [0.2, 0.25) is 0 Å². The van der Waals surface area contributed by atoms with Crippen molar-refractivity contribution in [3.8, 4) is 0 Å². The molecular formula is C21H30N2O2S. The summed E-state index contributed by atoms with van der Waals surface area (Å²) < 4.78 is 6.32. The Balaban J connectivity index is 1.29. The van der Waals surface area contributed by atoms with Crippen molar-refractivity contribution < 1.29 is 9.53 Å². The van der Waals surface area contributed by atoms with Gasteiger partial charge in [-0.15, -0.1) is 11.3 Å². The molecule has 0 unspecified atom stereocenters. The Morgan fingerprint density at radius 2 is 2.00 bits per heavy atom. The standard InChI is InChI=1S/C21H30N2O2S/c24-21(20-17-4-2-1-3-14(17)12-26-20)23-18-7-15-9-22-10-16(15)8-19(18)25-11-13-5-6-13/h12-13,15-16,18-19,22H,1-11H2,(H,23,24)/t15-,16+,18-,19-/m0/s1. The second-order valence-electron chi connectivity index (χ2n) is 8.82. The summed E-state index contributed by atoms with van der Waals surface area (Å²) in [6.07, 6.45) is 9.68. The SMILES string of the molecule is O=C(N[C@H]1C[C@H]2CNC[C@H]2C[C@@H]1OCC1CC1)c1scc2c1CCCC2. The molecule has 0 spiro atoms. The third-order valence-corrected chi connectivity index (χ3v) is 7.96. The van der Waals surface area contributed by atoms with Crippen LogP contribution in [0.15, 0.2) is 5.38 Å². The molecule has 0 bridgehead atoms. The van der Waals surface area contributed by atoms with Crippen molar-refractivity contribution >= 4 is 17.2 Å². The first kappa shape index (κ1) is 17.2. The van der Waals surface area contributed by atoms with Gasteiger partial charge in [0, 0.05) is 6.61 Å². The van der Waals surface area contributed by atoms with Crippen molar-refractivity contribution in [3.63, 3.8) is 0 Å². The molecule has 1 aromatic rings. The zero-order valence-corrected chi connectivity index (χ0v) is 16.3. The molecule has 5 rings (SSSR count). The Kier molecular flexibility index (Phi) is 4.80. The van der Waals surface area contributed by atoms with E-state index in [1.807, 2.05) is 0 Å². The summed E-state index contributed by atoms with van der Waals surface area (Å²) in [4.78, 5) is 14.0. The molecule has 5 heteroatoms. The zero-order valence-electron chi connectivity index (χ0n) is 15.5. The van der Waals surface area contributed by atoms with Crippen LogP contribution >= 0.6 is 11.3 Å². The van der Waals surface area contributed by atoms with Gasteiger partial charge >= 0.3 is 0 Å². The van der Waals surface area contributed by atoms with E-state index in [1.54, 1.807) is 11.3 Å². The molecule has 0 radical (unpaired) electrons. The van der Waals surface area contributed by atoms with E-state index in [9.17, 15) is 4.79 Å². The average molecular weight is 375 g/mol. The molecule has 1 amide bonds. The van der Waals surface area contributed by atoms with Crippen LogP contribution in [-0.2, 0) is 17.6 Å². The van der Waals surface area contributed by atoms with Crippen LogP contribution in [0, 0.1) is 17.8 Å². The fourth-order valence-electron chi connectivity index (χ4n) is 5.10. The third kappa shape index (κ3) is 3.46. The number of rotatable bonds is 5. The molecular weight excluding hydrogens is 344 g/mol. The molecule has 4 atom stereocenters. The van der Waals surface area contributed by atoms with Gasteiger partial charge in [0.25, 0.3) is 5.91 Å². The number of nitrogens with one attached hydrogen (secondary N) is 2. The molecule has 4 aliphatic rings. The minimum absolute atomic E-state index is 0.146. The Labute approximate surface area is 160 Å². The zero-order chi connectivity index (χ0) is 17.5. The van der Waals surface area contributed by atoms with Crippen LogP contribution in [0.4, 0.5) is 0 Å². The highest BCUT2D eigenvalue weighted by atomic mass is 32.1. The third-order valence-electron chi connectivity index (χ3n) is 6.89. The second kappa shape index (κ2) is 7.25. The summed E-state index contributed by atoms with van der Waals surface area (Å²) in [5, 5.41) is 9.15. The van der Waals surface area contributed by atoms with Gasteiger partial charge in [-0.3, -0.25) is 4.79 Å². The Morgan fingerprint density at radius 3 is 2.85 bits per heavy atom. The van der Waals surface area contributed by atoms with Gasteiger partial charge in [-0.05, 0) is 98.7 Å². The van der Waals surface area contributed by atoms with Crippen LogP contribution in [0.3, 0.4) is 0 Å². The lowest BCUT2D eigenvalue weighted by Crippen LogP contribution is -2.50. The van der Waals surface area contributed by atoms with Gasteiger partial charge in [0.05, 0.1) is 17.0 Å². The number of aryl methyl sites for hydroxylation is 1. The summed E-state index contributed by atoms with van der Waals surface area (Å²) in [5.74, 6) is 2.34. The van der Waals surface area contributed by atoms with Crippen LogP contribution < -0.4 is 10.6 Å². The van der Waals surface area contributed by atoms with Crippen LogP contribution in [0.5, 0.6) is 0 Å². The fraction of sp³-hybridized carbons (Fsp3) is 0.762. The first-order chi connectivity index (χ1) is 12.8. The van der Waals surface area contributed by atoms with Gasteiger partial charge < -0.3 is 15.4 Å². The highest BCUT2D eigenvalue weighted by molar-refractivity contribution is 7.12. The van der Waals surface area contributed by atoms with E-state index in [0.29, 0.717) is 5.92 Å². The van der Waals surface area contributed by atoms with Crippen molar-refractivity contribution in [3.05, 3.63) is 21.4 Å². The maximum atomic E-state index is 13.1. The van der Waals surface area contributed by atoms with Crippen molar-refractivity contribution in [2.45, 2.75) is 63.5 Å². The van der Waals surface area contributed by atoms with Crippen molar-refractivity contribution in [2.24, 2.45) is 17.8 Å². The fourth-order valence-corrected chi connectivity index (χ4v) is 6.17. The van der Waals surface area contributed by atoms with E-state index in [-0.39, 0.29) is 18.1 Å². The monoisotopic (exact) mass is 374 g/mol. The number of hydrogen-bond acceptors (Lipinski definition) is 4. The lowest BCUT2D eigenvalue weighted by atomic mass is 9.77. The van der Waals surface area contributed by atoms with E-state index >= 15 is 0 Å². The smallest absolute Gasteiger partial charge is 0.261 e. The Bertz CT molecular complexity index is 669. The molecule has 26 heavy (non-hydrogen) atoms. The van der Waals surface area contributed by atoms with Gasteiger partial charge in [0.15, 0.2) is 0 Å². The van der Waals surface area contributed by atoms with E-state index in [1.165, 1.54) is 36.8 Å². The number of ether oxygens (including phenoxy) is 1. The van der Waals surface area contributed by atoms with Gasteiger partial charge in [-0.2, -0.15) is 0 Å². The van der Waals surface area contributed by atoms with Gasteiger partial charge in [-0.1, -0.05) is 0 Å². The molecule has 3 aliphatic carbocycles. The summed E-state index contributed by atoms with van der Waals surface area (Å²) in [6.45, 7) is 3.10. The van der Waals surface area contributed by atoms with Gasteiger partial charge in [0.1, 0.15) is 0 Å². The van der Waals surface area contributed by atoms with Crippen LogP contribution in [0.1, 0.15) is 59.3 Å². The van der Waals surface area contributed by atoms with E-state index < -0.39 is 0 Å². The summed E-state index contributed by atoms with van der Waals surface area (Å²) >= 11 is 1.65. The topological polar surface area (TPSA) is 50.4 Å². The lowest BCUT2D eigenvalue weighted by molar-refractivity contribution is -0.0211. The van der Waals surface area contributed by atoms with Crippen LogP contribution in [0.25, 0.3) is 0 Å². The summed E-state index contributed by atoms with van der Waals surface area (Å²) in [6, 6.07) is 0.170. The van der Waals surface area contributed by atoms with Gasteiger partial charge in [-0.25, -0.2) is 0 Å². The van der Waals surface area contributed by atoms with Crippen LogP contribution in [-0.4, -0.2) is 37.7 Å². The maximum Gasteiger partial charge on any atom is 0.261 e. The highest BCUT2D eigenvalue weighted by Crippen LogP contribution is 2.37. The highest BCUT2D eigenvalue weighted by Gasteiger charge is 2.41. The predicted octanol–water partition coefficient (Wildman–Crippen LogP) is 3.15. The molecule has 2 heterocycles. The number of amides is 1. The molecule has 4 nitrogen and oxygen atoms in total. The minimum atomic E-state index is 0.146.